The molecule has 57 valence electrons. The highest BCUT2D eigenvalue weighted by Gasteiger charge is 1.98. The minimum Gasteiger partial charge on any atom is -0.496 e. The molecule has 0 aromatic heterocycles. The average Bonchev–Trinajstić information content (AvgIpc) is 2.03. The van der Waals surface area contributed by atoms with Gasteiger partial charge in [0.15, 0.2) is 6.29 Å². The van der Waals surface area contributed by atoms with E-state index in [0.29, 0.717) is 22.6 Å². The van der Waals surface area contributed by atoms with Gasteiger partial charge in [0, 0.05) is 16.7 Å². The lowest BCUT2D eigenvalue weighted by atomic mass is 10.2. The molecule has 11 heavy (non-hydrogen) atoms. The highest BCUT2D eigenvalue weighted by atomic mass is 35.5. The Bertz CT molecular complexity index is 271. The van der Waals surface area contributed by atoms with E-state index in [1.54, 1.807) is 6.07 Å². The van der Waals surface area contributed by atoms with Crippen molar-refractivity contribution in [2.45, 2.75) is 0 Å². The predicted octanol–water partition coefficient (Wildman–Crippen LogP) is 1.96. The fraction of sp³-hybridized carbons (Fsp3) is 0.125. The normalized spacial score (nSPS) is 9.27. The van der Waals surface area contributed by atoms with E-state index in [2.05, 4.69) is 6.07 Å². The van der Waals surface area contributed by atoms with Crippen molar-refractivity contribution >= 4 is 17.9 Å². The van der Waals surface area contributed by atoms with Crippen LogP contribution in [0.5, 0.6) is 5.75 Å². The molecule has 3 heteroatoms. The van der Waals surface area contributed by atoms with Gasteiger partial charge in [-0.1, -0.05) is 11.6 Å². The van der Waals surface area contributed by atoms with Gasteiger partial charge in [-0.05, 0) is 12.1 Å². The van der Waals surface area contributed by atoms with Crippen LogP contribution in [0.1, 0.15) is 10.4 Å². The van der Waals surface area contributed by atoms with E-state index in [1.807, 2.05) is 0 Å². The lowest BCUT2D eigenvalue weighted by Gasteiger charge is -1.99. The third-order valence-corrected chi connectivity index (χ3v) is 1.40. The Morgan fingerprint density at radius 2 is 2.36 bits per heavy atom. The summed E-state index contributed by atoms with van der Waals surface area (Å²) in [6.07, 6.45) is 0.675. The molecule has 1 radical (unpaired) electrons. The van der Waals surface area contributed by atoms with Crippen molar-refractivity contribution < 1.29 is 9.53 Å². The highest BCUT2D eigenvalue weighted by Crippen LogP contribution is 2.18. The van der Waals surface area contributed by atoms with Crippen LogP contribution in [0.15, 0.2) is 12.1 Å². The Morgan fingerprint density at radius 1 is 1.64 bits per heavy atom. The SMILES string of the molecule is COc1[c]c(C=O)cc(Cl)c1. The Hall–Kier alpha value is -1.02. The van der Waals surface area contributed by atoms with E-state index in [4.69, 9.17) is 16.3 Å². The maximum Gasteiger partial charge on any atom is 0.150 e. The number of carbonyl (C=O) groups excluding carboxylic acids is 1. The van der Waals surface area contributed by atoms with E-state index in [1.165, 1.54) is 13.2 Å². The van der Waals surface area contributed by atoms with Crippen LogP contribution < -0.4 is 4.74 Å². The van der Waals surface area contributed by atoms with E-state index in [9.17, 15) is 4.79 Å². The van der Waals surface area contributed by atoms with E-state index in [0.717, 1.165) is 0 Å². The standard InChI is InChI=1S/C8H6ClO2/c1-11-8-3-6(5-10)2-7(9)4-8/h2,4-5H,1H3. The van der Waals surface area contributed by atoms with E-state index in [-0.39, 0.29) is 0 Å². The average molecular weight is 170 g/mol. The van der Waals surface area contributed by atoms with Gasteiger partial charge in [-0.15, -0.1) is 0 Å². The van der Waals surface area contributed by atoms with Gasteiger partial charge in [0.25, 0.3) is 0 Å². The second kappa shape index (κ2) is 3.39. The second-order valence-corrected chi connectivity index (χ2v) is 2.38. The lowest BCUT2D eigenvalue weighted by Crippen LogP contribution is -1.86. The number of carbonyl (C=O) groups is 1. The number of halogens is 1. The summed E-state index contributed by atoms with van der Waals surface area (Å²) in [5, 5.41) is 0.475. The molecule has 1 aromatic carbocycles. The first-order valence-corrected chi connectivity index (χ1v) is 3.36. The van der Waals surface area contributed by atoms with Gasteiger partial charge in [0.05, 0.1) is 7.11 Å². The number of hydrogen-bond acceptors (Lipinski definition) is 2. The fourth-order valence-corrected chi connectivity index (χ4v) is 0.920. The van der Waals surface area contributed by atoms with Gasteiger partial charge in [-0.3, -0.25) is 4.79 Å². The van der Waals surface area contributed by atoms with E-state index >= 15 is 0 Å². The lowest BCUT2D eigenvalue weighted by molar-refractivity contribution is 0.112. The first-order valence-electron chi connectivity index (χ1n) is 2.98. The van der Waals surface area contributed by atoms with Gasteiger partial charge in [0.2, 0.25) is 0 Å². The van der Waals surface area contributed by atoms with Gasteiger partial charge in [-0.2, -0.15) is 0 Å². The van der Waals surface area contributed by atoms with Crippen LogP contribution in [-0.2, 0) is 0 Å². The zero-order valence-electron chi connectivity index (χ0n) is 5.93. The molecule has 0 saturated carbocycles. The van der Waals surface area contributed by atoms with Crippen molar-refractivity contribution in [1.82, 2.24) is 0 Å². The molecule has 0 heterocycles. The third-order valence-electron chi connectivity index (χ3n) is 1.18. The molecule has 0 amide bonds. The molecule has 0 saturated heterocycles. The van der Waals surface area contributed by atoms with E-state index < -0.39 is 0 Å². The minimum absolute atomic E-state index is 0.398. The Labute approximate surface area is 69.7 Å². The summed E-state index contributed by atoms with van der Waals surface area (Å²) < 4.78 is 4.84. The number of benzene rings is 1. The van der Waals surface area contributed by atoms with Gasteiger partial charge >= 0.3 is 0 Å². The molecule has 2 nitrogen and oxygen atoms in total. The summed E-state index contributed by atoms with van der Waals surface area (Å²) in [5.41, 5.74) is 0.398. The summed E-state index contributed by atoms with van der Waals surface area (Å²) in [6, 6.07) is 5.83. The minimum atomic E-state index is 0.398. The molecule has 0 fully saturated rings. The van der Waals surface area contributed by atoms with Crippen molar-refractivity contribution in [3.8, 4) is 5.75 Å². The van der Waals surface area contributed by atoms with Crippen molar-refractivity contribution in [2.24, 2.45) is 0 Å². The predicted molar refractivity (Wildman–Crippen MR) is 42.2 cm³/mol. The van der Waals surface area contributed by atoms with Crippen LogP contribution in [0.25, 0.3) is 0 Å². The Kier molecular flexibility index (Phi) is 2.49. The fourth-order valence-electron chi connectivity index (χ4n) is 0.703. The summed E-state index contributed by atoms with van der Waals surface area (Å²) >= 11 is 5.65. The quantitative estimate of drug-likeness (QED) is 0.633. The molecule has 0 N–H and O–H groups in total. The van der Waals surface area contributed by atoms with Crippen molar-refractivity contribution in [3.63, 3.8) is 0 Å². The largest absolute Gasteiger partial charge is 0.496 e. The molecule has 1 aromatic rings. The number of rotatable bonds is 2. The number of aldehydes is 1. The maximum atomic E-state index is 10.3. The second-order valence-electron chi connectivity index (χ2n) is 1.94. The highest BCUT2D eigenvalue weighted by molar-refractivity contribution is 6.31. The van der Waals surface area contributed by atoms with Crippen LogP contribution in [0.3, 0.4) is 0 Å². The summed E-state index contributed by atoms with van der Waals surface area (Å²) in [7, 11) is 1.50. The van der Waals surface area contributed by atoms with Crippen molar-refractivity contribution in [2.75, 3.05) is 7.11 Å². The third kappa shape index (κ3) is 1.95. The van der Waals surface area contributed by atoms with Crippen LogP contribution >= 0.6 is 11.6 Å². The molecule has 0 aliphatic heterocycles. The Balaban J connectivity index is 3.11. The van der Waals surface area contributed by atoms with Crippen LogP contribution in [0.4, 0.5) is 0 Å². The zero-order valence-corrected chi connectivity index (χ0v) is 6.68. The Morgan fingerprint density at radius 3 is 2.91 bits per heavy atom. The molecule has 0 spiro atoms. The first kappa shape index (κ1) is 8.08. The molecular formula is C8H6ClO2. The molecule has 0 unspecified atom stereocenters. The van der Waals surface area contributed by atoms with Gasteiger partial charge in [0.1, 0.15) is 5.75 Å². The summed E-state index contributed by atoms with van der Waals surface area (Å²) in [6.45, 7) is 0. The summed E-state index contributed by atoms with van der Waals surface area (Å²) in [5.74, 6) is 0.472. The van der Waals surface area contributed by atoms with Crippen LogP contribution in [0, 0.1) is 6.07 Å². The van der Waals surface area contributed by atoms with Crippen molar-refractivity contribution in [1.29, 1.82) is 0 Å². The number of ether oxygens (including phenoxy) is 1. The molecule has 0 bridgehead atoms. The van der Waals surface area contributed by atoms with Crippen molar-refractivity contribution in [3.05, 3.63) is 28.8 Å². The molecule has 0 atom stereocenters. The van der Waals surface area contributed by atoms with Gasteiger partial charge < -0.3 is 4.74 Å². The molecule has 1 rings (SSSR count). The van der Waals surface area contributed by atoms with Crippen LogP contribution in [0.2, 0.25) is 5.02 Å². The van der Waals surface area contributed by atoms with Gasteiger partial charge in [-0.25, -0.2) is 0 Å². The zero-order chi connectivity index (χ0) is 8.27. The summed E-state index contributed by atoms with van der Waals surface area (Å²) in [4.78, 5) is 10.3. The van der Waals surface area contributed by atoms with Crippen LogP contribution in [-0.4, -0.2) is 13.4 Å². The maximum absolute atomic E-state index is 10.3. The first-order chi connectivity index (χ1) is 5.26. The smallest absolute Gasteiger partial charge is 0.150 e. The molecule has 0 aliphatic carbocycles. The molecule has 0 aliphatic rings. The molecular weight excluding hydrogens is 164 g/mol. The number of methoxy groups -OCH3 is 1. The monoisotopic (exact) mass is 169 g/mol. The topological polar surface area (TPSA) is 26.3 Å². The number of hydrogen-bond donors (Lipinski definition) is 0.